The highest BCUT2D eigenvalue weighted by atomic mass is 16.4. The Balaban J connectivity index is 1.15. The third kappa shape index (κ3) is 4.75. The molecule has 2 aliphatic carbocycles. The Labute approximate surface area is 212 Å². The van der Waals surface area contributed by atoms with Gasteiger partial charge in [-0.25, -0.2) is 14.3 Å². The topological polar surface area (TPSA) is 134 Å². The van der Waals surface area contributed by atoms with Crippen molar-refractivity contribution < 1.29 is 14.0 Å². The van der Waals surface area contributed by atoms with Gasteiger partial charge in [-0.05, 0) is 68.1 Å². The van der Waals surface area contributed by atoms with Crippen LogP contribution in [-0.4, -0.2) is 37.9 Å². The molecule has 1 aromatic carbocycles. The molecule has 10 nitrogen and oxygen atoms in total. The standard InChI is InChI=1S/C27H30N6O4/c1-15-13-30-33-22(26(35)28-7-6-18-9-16-2-3-17(8-16)10-18)12-21(31-24(15)33)25(34)29-14-19-4-5-23-20(11-19)32-27(36)37-23/h4-5,11-13,16-18H,2-3,6-10,14H2,1H3,(H,28,35)(H,29,34)(H,32,36). The normalized spacial score (nSPS) is 20.9. The highest BCUT2D eigenvalue weighted by Gasteiger charge is 2.33. The number of hydrogen-bond acceptors (Lipinski definition) is 6. The van der Waals surface area contributed by atoms with Gasteiger partial charge in [0, 0.05) is 24.7 Å². The van der Waals surface area contributed by atoms with Crippen LogP contribution in [0.3, 0.4) is 0 Å². The molecule has 3 heterocycles. The number of aromatic amines is 1. The summed E-state index contributed by atoms with van der Waals surface area (Å²) < 4.78 is 6.51. The molecule has 2 bridgehead atoms. The van der Waals surface area contributed by atoms with E-state index in [1.165, 1.54) is 42.7 Å². The van der Waals surface area contributed by atoms with Gasteiger partial charge >= 0.3 is 5.76 Å². The molecule has 0 spiro atoms. The highest BCUT2D eigenvalue weighted by molar-refractivity contribution is 5.98. The first kappa shape index (κ1) is 23.4. The molecule has 10 heteroatoms. The van der Waals surface area contributed by atoms with Crippen LogP contribution in [0.15, 0.2) is 39.7 Å². The molecule has 2 aliphatic rings. The van der Waals surface area contributed by atoms with Crippen molar-refractivity contribution in [2.24, 2.45) is 17.8 Å². The number of carbonyl (C=O) groups excluding carboxylic acids is 2. The van der Waals surface area contributed by atoms with Crippen LogP contribution in [0, 0.1) is 24.7 Å². The van der Waals surface area contributed by atoms with E-state index in [9.17, 15) is 14.4 Å². The molecule has 4 aromatic rings. The van der Waals surface area contributed by atoms with Crippen molar-refractivity contribution in [1.82, 2.24) is 30.2 Å². The fourth-order valence-electron chi connectivity index (χ4n) is 6.09. The Bertz CT molecular complexity index is 1540. The van der Waals surface area contributed by atoms with Gasteiger partial charge in [0.2, 0.25) is 0 Å². The van der Waals surface area contributed by atoms with E-state index in [0.29, 0.717) is 29.2 Å². The van der Waals surface area contributed by atoms with Crippen molar-refractivity contribution in [1.29, 1.82) is 0 Å². The molecule has 2 saturated carbocycles. The van der Waals surface area contributed by atoms with Crippen LogP contribution in [0.25, 0.3) is 16.7 Å². The summed E-state index contributed by atoms with van der Waals surface area (Å²) in [5, 5.41) is 10.2. The van der Waals surface area contributed by atoms with Crippen LogP contribution in [0.5, 0.6) is 0 Å². The van der Waals surface area contributed by atoms with Crippen molar-refractivity contribution in [3.05, 3.63) is 63.5 Å². The van der Waals surface area contributed by atoms with E-state index in [1.54, 1.807) is 24.4 Å². The first-order valence-electron chi connectivity index (χ1n) is 13.0. The summed E-state index contributed by atoms with van der Waals surface area (Å²) >= 11 is 0. The van der Waals surface area contributed by atoms with Gasteiger partial charge in [0.15, 0.2) is 11.2 Å². The van der Waals surface area contributed by atoms with Crippen molar-refractivity contribution in [2.75, 3.05) is 6.54 Å². The number of carbonyl (C=O) groups is 2. The third-order valence-electron chi connectivity index (χ3n) is 7.87. The van der Waals surface area contributed by atoms with Crippen LogP contribution >= 0.6 is 0 Å². The fourth-order valence-corrected chi connectivity index (χ4v) is 6.09. The van der Waals surface area contributed by atoms with E-state index in [2.05, 4.69) is 25.7 Å². The van der Waals surface area contributed by atoms with Gasteiger partial charge in [-0.15, -0.1) is 0 Å². The maximum atomic E-state index is 13.2. The van der Waals surface area contributed by atoms with Crippen molar-refractivity contribution in [3.8, 4) is 0 Å². The number of amides is 2. The van der Waals surface area contributed by atoms with Gasteiger partial charge in [0.25, 0.3) is 11.8 Å². The SMILES string of the molecule is Cc1cnn2c(C(=O)NCCC3CC4CCC(C3)C4)cc(C(=O)NCc3ccc4oc(=O)[nH]c4c3)nc12. The smallest absolute Gasteiger partial charge is 0.408 e. The summed E-state index contributed by atoms with van der Waals surface area (Å²) in [6.07, 6.45) is 9.28. The minimum atomic E-state index is -0.526. The Kier molecular flexibility index (Phi) is 6.02. The number of rotatable bonds is 7. The molecule has 37 heavy (non-hydrogen) atoms. The van der Waals surface area contributed by atoms with Gasteiger partial charge in [-0.2, -0.15) is 5.10 Å². The Morgan fingerprint density at radius 2 is 1.92 bits per heavy atom. The van der Waals surface area contributed by atoms with E-state index in [1.807, 2.05) is 6.92 Å². The minimum Gasteiger partial charge on any atom is -0.408 e. The second-order valence-electron chi connectivity index (χ2n) is 10.5. The lowest BCUT2D eigenvalue weighted by atomic mass is 9.79. The monoisotopic (exact) mass is 502 g/mol. The molecule has 0 aliphatic heterocycles. The van der Waals surface area contributed by atoms with E-state index in [4.69, 9.17) is 4.42 Å². The molecule has 0 radical (unpaired) electrons. The number of nitrogens with zero attached hydrogens (tertiary/aromatic N) is 3. The average molecular weight is 503 g/mol. The quantitative estimate of drug-likeness (QED) is 0.355. The van der Waals surface area contributed by atoms with Gasteiger partial charge in [-0.1, -0.05) is 18.9 Å². The average Bonchev–Trinajstić information content (AvgIpc) is 3.56. The number of hydrogen-bond donors (Lipinski definition) is 3. The highest BCUT2D eigenvalue weighted by Crippen LogP contribution is 2.45. The number of nitrogens with one attached hydrogen (secondary N) is 3. The zero-order chi connectivity index (χ0) is 25.5. The second-order valence-corrected chi connectivity index (χ2v) is 10.5. The van der Waals surface area contributed by atoms with Crippen LogP contribution in [0.1, 0.15) is 70.6 Å². The Morgan fingerprint density at radius 1 is 1.11 bits per heavy atom. The molecule has 3 aromatic heterocycles. The number of oxazole rings is 1. The molecule has 3 N–H and O–H groups in total. The van der Waals surface area contributed by atoms with Crippen LogP contribution in [0.4, 0.5) is 0 Å². The van der Waals surface area contributed by atoms with E-state index in [-0.39, 0.29) is 23.8 Å². The zero-order valence-corrected chi connectivity index (χ0v) is 20.8. The largest absolute Gasteiger partial charge is 0.417 e. The molecule has 192 valence electrons. The first-order valence-corrected chi connectivity index (χ1v) is 13.0. The summed E-state index contributed by atoms with van der Waals surface area (Å²) in [6.45, 7) is 2.67. The van der Waals surface area contributed by atoms with Crippen molar-refractivity contribution in [3.63, 3.8) is 0 Å². The molecule has 2 unspecified atom stereocenters. The molecule has 2 atom stereocenters. The van der Waals surface area contributed by atoms with Crippen LogP contribution in [-0.2, 0) is 6.54 Å². The maximum Gasteiger partial charge on any atom is 0.417 e. The van der Waals surface area contributed by atoms with Gasteiger partial charge < -0.3 is 15.1 Å². The van der Waals surface area contributed by atoms with E-state index in [0.717, 1.165) is 29.4 Å². The predicted molar refractivity (Wildman–Crippen MR) is 136 cm³/mol. The lowest BCUT2D eigenvalue weighted by molar-refractivity contribution is 0.0941. The summed E-state index contributed by atoms with van der Waals surface area (Å²) in [7, 11) is 0. The van der Waals surface area contributed by atoms with Crippen molar-refractivity contribution >= 4 is 28.6 Å². The number of benzene rings is 1. The van der Waals surface area contributed by atoms with E-state index < -0.39 is 11.7 Å². The molecule has 6 rings (SSSR count). The lowest BCUT2D eigenvalue weighted by Gasteiger charge is -2.27. The summed E-state index contributed by atoms with van der Waals surface area (Å²) in [5.41, 5.74) is 3.47. The lowest BCUT2D eigenvalue weighted by Crippen LogP contribution is -2.30. The molecular weight excluding hydrogens is 472 g/mol. The van der Waals surface area contributed by atoms with Crippen molar-refractivity contribution in [2.45, 2.75) is 52.0 Å². The molecule has 2 amide bonds. The van der Waals surface area contributed by atoms with Crippen LogP contribution < -0.4 is 16.4 Å². The number of H-pyrrole nitrogens is 1. The molecule has 2 fully saturated rings. The summed E-state index contributed by atoms with van der Waals surface area (Å²) in [4.78, 5) is 44.6. The maximum absolute atomic E-state index is 13.2. The third-order valence-corrected chi connectivity index (χ3v) is 7.87. The second kappa shape index (κ2) is 9.49. The predicted octanol–water partition coefficient (Wildman–Crippen LogP) is 3.35. The van der Waals surface area contributed by atoms with Gasteiger partial charge in [0.1, 0.15) is 11.4 Å². The van der Waals surface area contributed by atoms with E-state index >= 15 is 0 Å². The summed E-state index contributed by atoms with van der Waals surface area (Å²) in [5.74, 6) is 1.22. The van der Waals surface area contributed by atoms with Crippen LogP contribution in [0.2, 0.25) is 0 Å². The number of aromatic nitrogens is 4. The minimum absolute atomic E-state index is 0.142. The number of fused-ring (bicyclic) bond motifs is 4. The van der Waals surface area contributed by atoms with Gasteiger partial charge in [0.05, 0.1) is 11.7 Å². The summed E-state index contributed by atoms with van der Waals surface area (Å²) in [6, 6.07) is 6.68. The Morgan fingerprint density at radius 3 is 2.73 bits per heavy atom. The first-order chi connectivity index (χ1) is 17.9. The molecule has 0 saturated heterocycles. The van der Waals surface area contributed by atoms with Gasteiger partial charge in [-0.3, -0.25) is 14.6 Å². The molecular formula is C27H30N6O4. The Hall–Kier alpha value is -3.95. The number of aryl methyl sites for hydroxylation is 1. The fraction of sp³-hybridized carbons (Fsp3) is 0.444. The zero-order valence-electron chi connectivity index (χ0n) is 20.8.